The Morgan fingerprint density at radius 3 is 2.59 bits per heavy atom. The minimum atomic E-state index is -4.45. The van der Waals surface area contributed by atoms with Gasteiger partial charge in [-0.25, -0.2) is 9.97 Å². The molecule has 5 rings (SSSR count). The van der Waals surface area contributed by atoms with Gasteiger partial charge in [0.15, 0.2) is 5.82 Å². The minimum Gasteiger partial charge on any atom is -0.346 e. The molecule has 0 radical (unpaired) electrons. The van der Waals surface area contributed by atoms with E-state index < -0.39 is 11.9 Å². The zero-order chi connectivity index (χ0) is 24.0. The maximum atomic E-state index is 12.7. The quantitative estimate of drug-likeness (QED) is 0.593. The number of aromatic nitrogens is 5. The first kappa shape index (κ1) is 22.3. The van der Waals surface area contributed by atoms with Gasteiger partial charge in [0.25, 0.3) is 0 Å². The monoisotopic (exact) mass is 471 g/mol. The lowest BCUT2D eigenvalue weighted by Crippen LogP contribution is -2.48. The lowest BCUT2D eigenvalue weighted by molar-refractivity contribution is -0.141. The summed E-state index contributed by atoms with van der Waals surface area (Å²) in [5, 5.41) is 7.29. The van der Waals surface area contributed by atoms with E-state index in [1.54, 1.807) is 10.9 Å². The molecule has 1 unspecified atom stereocenters. The Morgan fingerprint density at radius 2 is 1.91 bits per heavy atom. The first-order valence-electron chi connectivity index (χ1n) is 11.1. The van der Waals surface area contributed by atoms with Crippen molar-refractivity contribution in [3.8, 4) is 0 Å². The first-order chi connectivity index (χ1) is 16.2. The molecule has 1 atom stereocenters. The smallest absolute Gasteiger partial charge is 0.346 e. The Bertz CT molecular complexity index is 1220. The Morgan fingerprint density at radius 1 is 1.12 bits per heavy atom. The van der Waals surface area contributed by atoms with Crippen molar-refractivity contribution in [3.05, 3.63) is 59.1 Å². The van der Waals surface area contributed by atoms with Gasteiger partial charge < -0.3 is 10.2 Å². The molecule has 0 spiro atoms. The Kier molecular flexibility index (Phi) is 5.49. The van der Waals surface area contributed by atoms with Crippen LogP contribution in [0, 0.1) is 12.8 Å². The van der Waals surface area contributed by atoms with Crippen LogP contribution in [0.25, 0.3) is 0 Å². The van der Waals surface area contributed by atoms with E-state index in [1.165, 1.54) is 12.3 Å². The van der Waals surface area contributed by atoms with Gasteiger partial charge in [-0.2, -0.15) is 18.3 Å². The molecule has 0 aromatic carbocycles. The van der Waals surface area contributed by atoms with E-state index in [4.69, 9.17) is 4.98 Å². The third kappa shape index (κ3) is 4.46. The highest BCUT2D eigenvalue weighted by molar-refractivity contribution is 6.03. The number of nitrogens with one attached hydrogen (secondary N) is 1. The molecule has 1 fully saturated rings. The third-order valence-corrected chi connectivity index (χ3v) is 6.24. The molecule has 1 aliphatic carbocycles. The van der Waals surface area contributed by atoms with Gasteiger partial charge in [-0.05, 0) is 49.3 Å². The number of likely N-dealkylation sites (N-methyl/N-ethyl adjacent to an activating group) is 1. The predicted octanol–water partition coefficient (Wildman–Crippen LogP) is 3.40. The number of fused-ring (bicyclic) bond motifs is 1. The van der Waals surface area contributed by atoms with Gasteiger partial charge in [-0.15, -0.1) is 0 Å². The summed E-state index contributed by atoms with van der Waals surface area (Å²) in [4.78, 5) is 27.3. The highest BCUT2D eigenvalue weighted by Crippen LogP contribution is 2.41. The van der Waals surface area contributed by atoms with Crippen molar-refractivity contribution < 1.29 is 18.0 Å². The Balaban J connectivity index is 1.25. The molecule has 0 saturated heterocycles. The van der Waals surface area contributed by atoms with Crippen molar-refractivity contribution in [2.75, 3.05) is 17.3 Å². The van der Waals surface area contributed by atoms with Gasteiger partial charge in [0.05, 0.1) is 18.4 Å². The van der Waals surface area contributed by atoms with E-state index in [1.807, 2.05) is 25.1 Å². The molecule has 2 aliphatic rings. The predicted molar refractivity (Wildman–Crippen MR) is 118 cm³/mol. The highest BCUT2D eigenvalue weighted by Gasteiger charge is 2.43. The minimum absolute atomic E-state index is 0.00705. The van der Waals surface area contributed by atoms with Crippen LogP contribution in [0.1, 0.15) is 41.2 Å². The van der Waals surface area contributed by atoms with Crippen molar-refractivity contribution in [2.24, 2.45) is 5.92 Å². The number of aryl methyl sites for hydroxylation is 3. The molecule has 0 bridgehead atoms. The second-order valence-electron chi connectivity index (χ2n) is 8.90. The molecular weight excluding hydrogens is 447 g/mol. The van der Waals surface area contributed by atoms with E-state index in [-0.39, 0.29) is 11.9 Å². The van der Waals surface area contributed by atoms with Gasteiger partial charge in [-0.1, -0.05) is 6.07 Å². The number of pyridine rings is 1. The van der Waals surface area contributed by atoms with Crippen LogP contribution in [0.2, 0.25) is 0 Å². The molecule has 1 N–H and O–H groups in total. The second-order valence-corrected chi connectivity index (χ2v) is 8.90. The third-order valence-electron chi connectivity index (χ3n) is 6.24. The molecule has 1 saturated carbocycles. The number of carbonyl (C=O) groups is 1. The fourth-order valence-electron chi connectivity index (χ4n) is 4.33. The lowest BCUT2D eigenvalue weighted by Gasteiger charge is -2.35. The molecule has 8 nitrogen and oxygen atoms in total. The number of carbonyl (C=O) groups excluding carboxylic acids is 1. The number of rotatable bonds is 6. The molecule has 178 valence electrons. The molecule has 11 heteroatoms. The van der Waals surface area contributed by atoms with E-state index in [0.717, 1.165) is 36.0 Å². The van der Waals surface area contributed by atoms with Gasteiger partial charge >= 0.3 is 6.18 Å². The summed E-state index contributed by atoms with van der Waals surface area (Å²) in [7, 11) is 1.91. The Hall–Kier alpha value is -3.50. The standard InChI is InChI=1S/C23H24F3N7O/c1-13-19-21(32(2)20(16-5-6-16)22(34)31-19)30-18(29-13)8-4-15-10-28-33(12-15)11-14-3-7-17(27-9-14)23(24,25)26/h3,7,9-10,12,16,20H,4-6,8,11H2,1-2H3,(H,31,34). The second kappa shape index (κ2) is 8.37. The van der Waals surface area contributed by atoms with E-state index >= 15 is 0 Å². The van der Waals surface area contributed by atoms with Crippen LogP contribution in [-0.4, -0.2) is 43.7 Å². The van der Waals surface area contributed by atoms with Crippen LogP contribution >= 0.6 is 0 Å². The number of hydrogen-bond donors (Lipinski definition) is 1. The van der Waals surface area contributed by atoms with Crippen LogP contribution in [0.15, 0.2) is 30.7 Å². The fraction of sp³-hybridized carbons (Fsp3) is 0.435. The molecule has 1 amide bonds. The SMILES string of the molecule is Cc1nc(CCc2cnn(Cc3ccc(C(F)(F)F)nc3)c2)nc2c1NC(=O)C(C1CC1)N2C. The van der Waals surface area contributed by atoms with E-state index in [0.29, 0.717) is 42.4 Å². The lowest BCUT2D eigenvalue weighted by atomic mass is 10.1. The van der Waals surface area contributed by atoms with Crippen LogP contribution < -0.4 is 10.2 Å². The number of anilines is 2. The van der Waals surface area contributed by atoms with Gasteiger partial charge in [0.2, 0.25) is 5.91 Å². The van der Waals surface area contributed by atoms with E-state index in [9.17, 15) is 18.0 Å². The fourth-order valence-corrected chi connectivity index (χ4v) is 4.33. The maximum Gasteiger partial charge on any atom is 0.433 e. The molecule has 3 aromatic rings. The van der Waals surface area contributed by atoms with Crippen molar-refractivity contribution >= 4 is 17.4 Å². The molecular formula is C23H24F3N7O. The number of hydrogen-bond acceptors (Lipinski definition) is 6. The summed E-state index contributed by atoms with van der Waals surface area (Å²) in [6, 6.07) is 2.20. The summed E-state index contributed by atoms with van der Waals surface area (Å²) in [6.07, 6.45) is 3.73. The molecule has 4 heterocycles. The number of amides is 1. The van der Waals surface area contributed by atoms with Crippen molar-refractivity contribution in [2.45, 2.75) is 51.4 Å². The van der Waals surface area contributed by atoms with Crippen molar-refractivity contribution in [1.29, 1.82) is 0 Å². The molecule has 3 aromatic heterocycles. The average molecular weight is 471 g/mol. The number of alkyl halides is 3. The van der Waals surface area contributed by atoms with Crippen LogP contribution in [0.5, 0.6) is 0 Å². The number of nitrogens with zero attached hydrogens (tertiary/aromatic N) is 6. The molecule has 1 aliphatic heterocycles. The van der Waals surface area contributed by atoms with Gasteiger partial charge in [0, 0.05) is 25.9 Å². The number of halogens is 3. The largest absolute Gasteiger partial charge is 0.433 e. The summed E-state index contributed by atoms with van der Waals surface area (Å²) < 4.78 is 39.7. The normalized spacial score (nSPS) is 18.1. The van der Waals surface area contributed by atoms with Gasteiger partial charge in [-0.3, -0.25) is 14.5 Å². The van der Waals surface area contributed by atoms with Crippen molar-refractivity contribution in [3.63, 3.8) is 0 Å². The Labute approximate surface area is 194 Å². The summed E-state index contributed by atoms with van der Waals surface area (Å²) in [5.41, 5.74) is 2.10. The summed E-state index contributed by atoms with van der Waals surface area (Å²) in [5.74, 6) is 1.83. The topological polar surface area (TPSA) is 88.8 Å². The summed E-state index contributed by atoms with van der Waals surface area (Å²) in [6.45, 7) is 2.19. The zero-order valence-corrected chi connectivity index (χ0v) is 18.8. The van der Waals surface area contributed by atoms with Crippen LogP contribution in [0.4, 0.5) is 24.7 Å². The first-order valence-corrected chi connectivity index (χ1v) is 11.1. The van der Waals surface area contributed by atoms with Crippen LogP contribution in [0.3, 0.4) is 0 Å². The van der Waals surface area contributed by atoms with Crippen LogP contribution in [-0.2, 0) is 30.4 Å². The summed E-state index contributed by atoms with van der Waals surface area (Å²) >= 11 is 0. The maximum absolute atomic E-state index is 12.7. The van der Waals surface area contributed by atoms with E-state index in [2.05, 4.69) is 20.4 Å². The highest BCUT2D eigenvalue weighted by atomic mass is 19.4. The molecule has 34 heavy (non-hydrogen) atoms. The average Bonchev–Trinajstić information content (AvgIpc) is 3.51. The zero-order valence-electron chi connectivity index (χ0n) is 18.8. The van der Waals surface area contributed by atoms with Gasteiger partial charge in [0.1, 0.15) is 23.2 Å². The van der Waals surface area contributed by atoms with Crippen molar-refractivity contribution in [1.82, 2.24) is 24.7 Å².